The summed E-state index contributed by atoms with van der Waals surface area (Å²) in [5.74, 6) is 1.81. The minimum Gasteiger partial charge on any atom is -0.457 e. The molecule has 10 aromatic rings. The summed E-state index contributed by atoms with van der Waals surface area (Å²) in [5, 5.41) is 7.53. The molecular formula is C47H27NOS. The normalized spacial score (nSPS) is 13.9. The van der Waals surface area contributed by atoms with Gasteiger partial charge in [0.2, 0.25) is 0 Å². The van der Waals surface area contributed by atoms with Gasteiger partial charge < -0.3 is 9.30 Å². The Labute approximate surface area is 292 Å². The van der Waals surface area contributed by atoms with Crippen LogP contribution in [-0.2, 0) is 5.41 Å². The van der Waals surface area contributed by atoms with Crippen molar-refractivity contribution in [1.29, 1.82) is 0 Å². The zero-order valence-electron chi connectivity index (χ0n) is 26.9. The maximum atomic E-state index is 6.98. The molecule has 2 aromatic heterocycles. The Balaban J connectivity index is 1.25. The van der Waals surface area contributed by atoms with E-state index in [0.29, 0.717) is 0 Å². The van der Waals surface area contributed by atoms with E-state index >= 15 is 0 Å². The summed E-state index contributed by atoms with van der Waals surface area (Å²) in [6.45, 7) is 0. The second-order valence-corrected chi connectivity index (χ2v) is 14.7. The van der Waals surface area contributed by atoms with Crippen LogP contribution in [0.15, 0.2) is 164 Å². The Morgan fingerprint density at radius 2 is 1.12 bits per heavy atom. The van der Waals surface area contributed by atoms with Crippen molar-refractivity contribution in [2.24, 2.45) is 0 Å². The molecule has 0 amide bonds. The largest absolute Gasteiger partial charge is 0.457 e. The van der Waals surface area contributed by atoms with Crippen LogP contribution in [0, 0.1) is 0 Å². The molecular weight excluding hydrogens is 627 g/mol. The maximum Gasteiger partial charge on any atom is 0.134 e. The highest BCUT2D eigenvalue weighted by atomic mass is 32.1. The van der Waals surface area contributed by atoms with Gasteiger partial charge in [0, 0.05) is 59.2 Å². The zero-order valence-corrected chi connectivity index (χ0v) is 27.7. The summed E-state index contributed by atoms with van der Waals surface area (Å²) < 4.78 is 12.1. The van der Waals surface area contributed by atoms with Crippen LogP contribution in [0.4, 0.5) is 0 Å². The molecule has 3 heterocycles. The van der Waals surface area contributed by atoms with Gasteiger partial charge in [-0.25, -0.2) is 0 Å². The van der Waals surface area contributed by atoms with Crippen molar-refractivity contribution >= 4 is 64.1 Å². The lowest BCUT2D eigenvalue weighted by Crippen LogP contribution is -2.32. The number of rotatable bonds is 1. The summed E-state index contributed by atoms with van der Waals surface area (Å²) in [4.78, 5) is 0. The highest BCUT2D eigenvalue weighted by molar-refractivity contribution is 7.25. The van der Waals surface area contributed by atoms with Crippen molar-refractivity contribution in [3.63, 3.8) is 0 Å². The molecule has 50 heavy (non-hydrogen) atoms. The van der Waals surface area contributed by atoms with E-state index in [0.717, 1.165) is 22.7 Å². The van der Waals surface area contributed by atoms with Crippen molar-refractivity contribution in [1.82, 2.24) is 4.57 Å². The summed E-state index contributed by atoms with van der Waals surface area (Å²) in [6.07, 6.45) is 0. The smallest absolute Gasteiger partial charge is 0.134 e. The summed E-state index contributed by atoms with van der Waals surface area (Å²) in [7, 11) is 0. The first kappa shape index (κ1) is 26.8. The highest BCUT2D eigenvalue weighted by Gasteiger charge is 2.51. The van der Waals surface area contributed by atoms with Crippen molar-refractivity contribution in [2.45, 2.75) is 5.41 Å². The molecule has 232 valence electrons. The van der Waals surface area contributed by atoms with Crippen LogP contribution >= 0.6 is 11.3 Å². The van der Waals surface area contributed by atoms with Gasteiger partial charge in [-0.05, 0) is 64.0 Å². The number of benzene rings is 8. The van der Waals surface area contributed by atoms with Crippen LogP contribution in [0.3, 0.4) is 0 Å². The van der Waals surface area contributed by atoms with E-state index in [1.165, 1.54) is 80.6 Å². The summed E-state index contributed by atoms with van der Waals surface area (Å²) in [5.41, 5.74) is 10.6. The van der Waals surface area contributed by atoms with Gasteiger partial charge in [0.05, 0.1) is 16.4 Å². The average Bonchev–Trinajstić information content (AvgIpc) is 3.81. The standard InChI is InChI=1S/C47H27NOS/c1-2-12-30-28(11-1)21-23-34-35-26-40-43(27-41(35)48(46(30)34)29-22-24-45-36(25-29)33-15-5-10-20-44(33)50-45)49-42-19-9-8-18-39(42)47(40)37-16-6-3-13-31(37)32-14-4-7-17-38(32)47/h1-27H. The molecule has 3 heteroatoms. The predicted octanol–water partition coefficient (Wildman–Crippen LogP) is 12.8. The number of ether oxygens (including phenoxy) is 1. The molecule has 1 aliphatic heterocycles. The second-order valence-electron chi connectivity index (χ2n) is 13.6. The van der Waals surface area contributed by atoms with E-state index in [2.05, 4.69) is 168 Å². The third-order valence-corrected chi connectivity index (χ3v) is 12.4. The summed E-state index contributed by atoms with van der Waals surface area (Å²) >= 11 is 1.86. The summed E-state index contributed by atoms with van der Waals surface area (Å²) in [6, 6.07) is 60.4. The van der Waals surface area contributed by atoms with E-state index in [1.807, 2.05) is 11.3 Å². The second kappa shape index (κ2) is 9.50. The number of thiophene rings is 1. The minimum atomic E-state index is -0.509. The molecule has 8 aromatic carbocycles. The van der Waals surface area contributed by atoms with E-state index in [1.54, 1.807) is 0 Å². The lowest BCUT2D eigenvalue weighted by atomic mass is 9.66. The van der Waals surface area contributed by atoms with E-state index in [9.17, 15) is 0 Å². The lowest BCUT2D eigenvalue weighted by molar-refractivity contribution is 0.437. The third kappa shape index (κ3) is 3.24. The van der Waals surface area contributed by atoms with Crippen molar-refractivity contribution in [3.05, 3.63) is 186 Å². The fourth-order valence-corrected chi connectivity index (χ4v) is 10.3. The molecule has 12 rings (SSSR count). The van der Waals surface area contributed by atoms with Crippen molar-refractivity contribution in [3.8, 4) is 28.3 Å². The monoisotopic (exact) mass is 653 g/mol. The first-order valence-electron chi connectivity index (χ1n) is 17.2. The van der Waals surface area contributed by atoms with Gasteiger partial charge in [-0.15, -0.1) is 11.3 Å². The Hall–Kier alpha value is -6.16. The minimum absolute atomic E-state index is 0.509. The maximum absolute atomic E-state index is 6.98. The topological polar surface area (TPSA) is 14.2 Å². The number of nitrogens with zero attached hydrogens (tertiary/aromatic N) is 1. The molecule has 1 spiro atoms. The van der Waals surface area contributed by atoms with Gasteiger partial charge in [0.25, 0.3) is 0 Å². The Bertz CT molecular complexity index is 3040. The molecule has 0 radical (unpaired) electrons. The van der Waals surface area contributed by atoms with E-state index in [-0.39, 0.29) is 0 Å². The fraction of sp³-hybridized carbons (Fsp3) is 0.0213. The van der Waals surface area contributed by atoms with Gasteiger partial charge in [0.1, 0.15) is 11.5 Å². The molecule has 2 nitrogen and oxygen atoms in total. The van der Waals surface area contributed by atoms with Gasteiger partial charge in [-0.3, -0.25) is 0 Å². The Morgan fingerprint density at radius 3 is 1.96 bits per heavy atom. The number of aromatic nitrogens is 1. The van der Waals surface area contributed by atoms with Crippen LogP contribution in [0.5, 0.6) is 11.5 Å². The third-order valence-electron chi connectivity index (χ3n) is 11.2. The zero-order chi connectivity index (χ0) is 32.6. The SMILES string of the molecule is c1ccc2c(c1)Oc1cc3c(cc1C21c2ccccc2-c2ccccc21)c1ccc2ccccc2c1n3-c1ccc2sc3ccccc3c2c1. The molecule has 0 fully saturated rings. The quantitative estimate of drug-likeness (QED) is 0.172. The van der Waals surface area contributed by atoms with E-state index in [4.69, 9.17) is 4.74 Å². The van der Waals surface area contributed by atoms with Crippen LogP contribution in [0.1, 0.15) is 22.3 Å². The van der Waals surface area contributed by atoms with Gasteiger partial charge >= 0.3 is 0 Å². The lowest BCUT2D eigenvalue weighted by Gasteiger charge is -2.39. The molecule has 0 saturated heterocycles. The molecule has 0 saturated carbocycles. The van der Waals surface area contributed by atoms with Gasteiger partial charge in [-0.2, -0.15) is 0 Å². The molecule has 0 unspecified atom stereocenters. The fourth-order valence-electron chi connectivity index (χ4n) is 9.25. The number of para-hydroxylation sites is 1. The number of hydrogen-bond acceptors (Lipinski definition) is 2. The molecule has 1 aliphatic carbocycles. The number of hydrogen-bond donors (Lipinski definition) is 0. The highest BCUT2D eigenvalue weighted by Crippen LogP contribution is 2.62. The van der Waals surface area contributed by atoms with Crippen LogP contribution in [-0.4, -0.2) is 4.57 Å². The van der Waals surface area contributed by atoms with Crippen LogP contribution < -0.4 is 4.74 Å². The van der Waals surface area contributed by atoms with Gasteiger partial charge in [-0.1, -0.05) is 121 Å². The average molecular weight is 654 g/mol. The molecule has 0 bridgehead atoms. The first-order chi connectivity index (χ1) is 24.8. The molecule has 0 atom stereocenters. The Morgan fingerprint density at radius 1 is 0.440 bits per heavy atom. The first-order valence-corrected chi connectivity index (χ1v) is 18.0. The molecule has 2 aliphatic rings. The predicted molar refractivity (Wildman–Crippen MR) is 209 cm³/mol. The van der Waals surface area contributed by atoms with Crippen LogP contribution in [0.2, 0.25) is 0 Å². The van der Waals surface area contributed by atoms with Crippen molar-refractivity contribution < 1.29 is 4.74 Å². The Kier molecular flexibility index (Phi) is 5.08. The van der Waals surface area contributed by atoms with Gasteiger partial charge in [0.15, 0.2) is 0 Å². The molecule has 0 N–H and O–H groups in total. The number of fused-ring (bicyclic) bond motifs is 17. The van der Waals surface area contributed by atoms with E-state index < -0.39 is 5.41 Å². The van der Waals surface area contributed by atoms with Crippen LogP contribution in [0.25, 0.3) is 69.6 Å². The van der Waals surface area contributed by atoms with Crippen molar-refractivity contribution in [2.75, 3.05) is 0 Å².